The normalized spacial score (nSPS) is 17.8. The summed E-state index contributed by atoms with van der Waals surface area (Å²) in [6.45, 7) is 3.56. The first kappa shape index (κ1) is 14.7. The zero-order chi connectivity index (χ0) is 14.4. The highest BCUT2D eigenvalue weighted by molar-refractivity contribution is 5.81. The third-order valence-electron chi connectivity index (χ3n) is 3.65. The third-order valence-corrected chi connectivity index (χ3v) is 3.65. The Bertz CT molecular complexity index is 417. The van der Waals surface area contributed by atoms with E-state index >= 15 is 0 Å². The number of likely N-dealkylation sites (tertiary alicyclic amines) is 1. The van der Waals surface area contributed by atoms with Gasteiger partial charge in [0.25, 0.3) is 0 Å². The molecule has 1 fully saturated rings. The number of nitrogens with one attached hydrogen (secondary N) is 1. The lowest BCUT2D eigenvalue weighted by Crippen LogP contribution is -2.49. The number of hydrogen-bond acceptors (Lipinski definition) is 5. The van der Waals surface area contributed by atoms with E-state index < -0.39 is 0 Å². The molecule has 1 aromatic heterocycles. The number of amides is 1. The number of rotatable bonds is 5. The predicted octanol–water partition coefficient (Wildman–Crippen LogP) is 1.01. The zero-order valence-electron chi connectivity index (χ0n) is 12.0. The SMILES string of the molecule is CCCC(N)C(=O)N1CCC(Nc2cccnn2)CC1. The summed E-state index contributed by atoms with van der Waals surface area (Å²) in [5.41, 5.74) is 5.89. The minimum Gasteiger partial charge on any atom is -0.366 e. The van der Waals surface area contributed by atoms with Crippen LogP contribution < -0.4 is 11.1 Å². The van der Waals surface area contributed by atoms with Gasteiger partial charge < -0.3 is 16.0 Å². The van der Waals surface area contributed by atoms with Gasteiger partial charge in [-0.1, -0.05) is 13.3 Å². The summed E-state index contributed by atoms with van der Waals surface area (Å²) < 4.78 is 0. The fourth-order valence-corrected chi connectivity index (χ4v) is 2.50. The first-order chi connectivity index (χ1) is 9.70. The number of carbonyl (C=O) groups is 1. The molecule has 1 aliphatic rings. The summed E-state index contributed by atoms with van der Waals surface area (Å²) in [5.74, 6) is 0.879. The summed E-state index contributed by atoms with van der Waals surface area (Å²) in [4.78, 5) is 14.0. The number of carbonyl (C=O) groups excluding carboxylic acids is 1. The van der Waals surface area contributed by atoms with Crippen LogP contribution in [0.1, 0.15) is 32.6 Å². The van der Waals surface area contributed by atoms with Crippen LogP contribution >= 0.6 is 0 Å². The molecular formula is C14H23N5O. The maximum Gasteiger partial charge on any atom is 0.239 e. The average Bonchev–Trinajstić information content (AvgIpc) is 2.48. The molecule has 110 valence electrons. The quantitative estimate of drug-likeness (QED) is 0.839. The lowest BCUT2D eigenvalue weighted by Gasteiger charge is -2.34. The number of hydrogen-bond donors (Lipinski definition) is 2. The van der Waals surface area contributed by atoms with Gasteiger partial charge in [-0.05, 0) is 31.4 Å². The van der Waals surface area contributed by atoms with Crippen molar-refractivity contribution in [3.63, 3.8) is 0 Å². The van der Waals surface area contributed by atoms with E-state index in [2.05, 4.69) is 15.5 Å². The van der Waals surface area contributed by atoms with Crippen LogP contribution in [0.15, 0.2) is 18.3 Å². The van der Waals surface area contributed by atoms with Crippen molar-refractivity contribution >= 4 is 11.7 Å². The number of piperidine rings is 1. The number of nitrogens with zero attached hydrogens (tertiary/aromatic N) is 3. The molecule has 0 bridgehead atoms. The molecule has 1 unspecified atom stereocenters. The molecule has 0 radical (unpaired) electrons. The van der Waals surface area contributed by atoms with E-state index in [4.69, 9.17) is 5.73 Å². The highest BCUT2D eigenvalue weighted by Crippen LogP contribution is 2.15. The molecule has 1 saturated heterocycles. The molecule has 1 aliphatic heterocycles. The zero-order valence-corrected chi connectivity index (χ0v) is 12.0. The van der Waals surface area contributed by atoms with Gasteiger partial charge in [0.2, 0.25) is 5.91 Å². The second-order valence-electron chi connectivity index (χ2n) is 5.25. The van der Waals surface area contributed by atoms with E-state index in [1.165, 1.54) is 0 Å². The van der Waals surface area contributed by atoms with Crippen LogP contribution in [0, 0.1) is 0 Å². The van der Waals surface area contributed by atoms with Crippen LogP contribution in [0.25, 0.3) is 0 Å². The first-order valence-corrected chi connectivity index (χ1v) is 7.29. The largest absolute Gasteiger partial charge is 0.366 e. The Morgan fingerprint density at radius 2 is 2.30 bits per heavy atom. The van der Waals surface area contributed by atoms with E-state index in [1.54, 1.807) is 6.20 Å². The summed E-state index contributed by atoms with van der Waals surface area (Å²) in [6.07, 6.45) is 5.19. The van der Waals surface area contributed by atoms with E-state index in [-0.39, 0.29) is 11.9 Å². The van der Waals surface area contributed by atoms with Gasteiger partial charge in [-0.15, -0.1) is 5.10 Å². The van der Waals surface area contributed by atoms with Crippen molar-refractivity contribution in [2.45, 2.75) is 44.7 Å². The molecule has 1 amide bonds. The predicted molar refractivity (Wildman–Crippen MR) is 78.1 cm³/mol. The Kier molecular flexibility index (Phi) is 5.29. The fraction of sp³-hybridized carbons (Fsp3) is 0.643. The summed E-state index contributed by atoms with van der Waals surface area (Å²) in [5, 5.41) is 11.2. The first-order valence-electron chi connectivity index (χ1n) is 7.29. The molecule has 0 aromatic carbocycles. The molecule has 2 heterocycles. The molecule has 0 spiro atoms. The second-order valence-corrected chi connectivity index (χ2v) is 5.25. The molecule has 6 nitrogen and oxygen atoms in total. The van der Waals surface area contributed by atoms with E-state index in [0.717, 1.165) is 44.6 Å². The topological polar surface area (TPSA) is 84.1 Å². The average molecular weight is 277 g/mol. The van der Waals surface area contributed by atoms with E-state index in [0.29, 0.717) is 6.04 Å². The van der Waals surface area contributed by atoms with E-state index in [9.17, 15) is 4.79 Å². The Balaban J connectivity index is 1.79. The Morgan fingerprint density at radius 3 is 2.90 bits per heavy atom. The monoisotopic (exact) mass is 277 g/mol. The van der Waals surface area contributed by atoms with Gasteiger partial charge in [0.15, 0.2) is 0 Å². The molecule has 1 atom stereocenters. The van der Waals surface area contributed by atoms with Crippen molar-refractivity contribution in [1.29, 1.82) is 0 Å². The Hall–Kier alpha value is -1.69. The van der Waals surface area contributed by atoms with Crippen molar-refractivity contribution in [2.24, 2.45) is 5.73 Å². The van der Waals surface area contributed by atoms with Crippen LogP contribution in [-0.4, -0.2) is 46.2 Å². The third kappa shape index (κ3) is 3.90. The van der Waals surface area contributed by atoms with Crippen molar-refractivity contribution in [3.8, 4) is 0 Å². The van der Waals surface area contributed by atoms with Gasteiger partial charge in [-0.3, -0.25) is 4.79 Å². The highest BCUT2D eigenvalue weighted by atomic mass is 16.2. The lowest BCUT2D eigenvalue weighted by atomic mass is 10.0. The van der Waals surface area contributed by atoms with Crippen molar-refractivity contribution in [2.75, 3.05) is 18.4 Å². The highest BCUT2D eigenvalue weighted by Gasteiger charge is 2.25. The van der Waals surface area contributed by atoms with Crippen LogP contribution in [0.5, 0.6) is 0 Å². The lowest BCUT2D eigenvalue weighted by molar-refractivity contribution is -0.133. The smallest absolute Gasteiger partial charge is 0.239 e. The van der Waals surface area contributed by atoms with Gasteiger partial charge in [-0.25, -0.2) is 0 Å². The van der Waals surface area contributed by atoms with Gasteiger partial charge in [0.05, 0.1) is 6.04 Å². The second kappa shape index (κ2) is 7.19. The summed E-state index contributed by atoms with van der Waals surface area (Å²) in [6, 6.07) is 3.77. The fourth-order valence-electron chi connectivity index (χ4n) is 2.50. The minimum absolute atomic E-state index is 0.0878. The summed E-state index contributed by atoms with van der Waals surface area (Å²) in [7, 11) is 0. The molecule has 3 N–H and O–H groups in total. The van der Waals surface area contributed by atoms with Gasteiger partial charge >= 0.3 is 0 Å². The van der Waals surface area contributed by atoms with Crippen LogP contribution in [0.4, 0.5) is 5.82 Å². The number of anilines is 1. The minimum atomic E-state index is -0.343. The van der Waals surface area contributed by atoms with E-state index in [1.807, 2.05) is 24.0 Å². The maximum atomic E-state index is 12.1. The van der Waals surface area contributed by atoms with Crippen molar-refractivity contribution in [3.05, 3.63) is 18.3 Å². The molecule has 6 heteroatoms. The molecular weight excluding hydrogens is 254 g/mol. The molecule has 1 aromatic rings. The molecule has 0 saturated carbocycles. The molecule has 0 aliphatic carbocycles. The van der Waals surface area contributed by atoms with Crippen molar-refractivity contribution < 1.29 is 4.79 Å². The van der Waals surface area contributed by atoms with Crippen LogP contribution in [-0.2, 0) is 4.79 Å². The molecule has 20 heavy (non-hydrogen) atoms. The maximum absolute atomic E-state index is 12.1. The van der Waals surface area contributed by atoms with Gasteiger partial charge in [-0.2, -0.15) is 5.10 Å². The Morgan fingerprint density at radius 1 is 1.55 bits per heavy atom. The summed E-state index contributed by atoms with van der Waals surface area (Å²) >= 11 is 0. The Labute approximate surface area is 119 Å². The van der Waals surface area contributed by atoms with Crippen molar-refractivity contribution in [1.82, 2.24) is 15.1 Å². The van der Waals surface area contributed by atoms with Crippen LogP contribution in [0.2, 0.25) is 0 Å². The van der Waals surface area contributed by atoms with Gasteiger partial charge in [0.1, 0.15) is 5.82 Å². The van der Waals surface area contributed by atoms with Gasteiger partial charge in [0, 0.05) is 25.3 Å². The number of aromatic nitrogens is 2. The van der Waals surface area contributed by atoms with Crippen LogP contribution in [0.3, 0.4) is 0 Å². The molecule has 2 rings (SSSR count). The standard InChI is InChI=1S/C14H23N5O/c1-2-4-12(15)14(20)19-9-6-11(7-10-19)17-13-5-3-8-16-18-13/h3,5,8,11-12H,2,4,6-7,9-10,15H2,1H3,(H,17,18). The number of nitrogens with two attached hydrogens (primary N) is 1.